The summed E-state index contributed by atoms with van der Waals surface area (Å²) < 4.78 is 0. The number of carbonyl (C=O) groups is 3. The SMILES string of the molecule is O=C(O)CCCCC(=O)ON1C(=O)CCC1=S. The highest BCUT2D eigenvalue weighted by Gasteiger charge is 2.29. The molecule has 1 fully saturated rings. The maximum Gasteiger partial charge on any atom is 0.333 e. The zero-order chi connectivity index (χ0) is 12.8. The van der Waals surface area contributed by atoms with E-state index < -0.39 is 11.9 Å². The normalized spacial score (nSPS) is 15.2. The van der Waals surface area contributed by atoms with Gasteiger partial charge in [0.05, 0.1) is 0 Å². The van der Waals surface area contributed by atoms with E-state index in [0.717, 1.165) is 5.06 Å². The number of carbonyl (C=O) groups excluding carboxylic acids is 2. The minimum Gasteiger partial charge on any atom is -0.481 e. The van der Waals surface area contributed by atoms with Crippen LogP contribution in [0.1, 0.15) is 38.5 Å². The molecule has 0 aromatic heterocycles. The molecule has 0 spiro atoms. The maximum absolute atomic E-state index is 11.3. The molecule has 0 aromatic carbocycles. The maximum atomic E-state index is 11.3. The Hall–Kier alpha value is -1.50. The quantitative estimate of drug-likeness (QED) is 0.566. The first kappa shape index (κ1) is 13.6. The van der Waals surface area contributed by atoms with Crippen molar-refractivity contribution in [3.63, 3.8) is 0 Å². The molecular formula is C10H13NO5S. The Kier molecular flexibility index (Phi) is 5.02. The third-order valence-corrected chi connectivity index (χ3v) is 2.59. The summed E-state index contributed by atoms with van der Waals surface area (Å²) in [7, 11) is 0. The molecule has 17 heavy (non-hydrogen) atoms. The summed E-state index contributed by atoms with van der Waals surface area (Å²) in [5.74, 6) is -1.77. The van der Waals surface area contributed by atoms with Crippen molar-refractivity contribution in [2.24, 2.45) is 0 Å². The fourth-order valence-electron chi connectivity index (χ4n) is 1.35. The van der Waals surface area contributed by atoms with Crippen molar-refractivity contribution in [1.82, 2.24) is 5.06 Å². The lowest BCUT2D eigenvalue weighted by Crippen LogP contribution is -2.31. The number of hydroxylamine groups is 2. The molecule has 0 saturated carbocycles. The zero-order valence-corrected chi connectivity index (χ0v) is 9.99. The van der Waals surface area contributed by atoms with Crippen LogP contribution in [0.3, 0.4) is 0 Å². The Bertz CT molecular complexity index is 339. The van der Waals surface area contributed by atoms with Gasteiger partial charge in [0, 0.05) is 25.7 Å². The number of hydrogen-bond acceptors (Lipinski definition) is 5. The molecule has 0 aromatic rings. The second-order valence-corrected chi connectivity index (χ2v) is 4.12. The minimum atomic E-state index is -0.894. The Morgan fingerprint density at radius 1 is 1.29 bits per heavy atom. The van der Waals surface area contributed by atoms with Gasteiger partial charge in [-0.25, -0.2) is 4.79 Å². The molecule has 0 aliphatic carbocycles. The van der Waals surface area contributed by atoms with Crippen molar-refractivity contribution >= 4 is 35.1 Å². The molecule has 1 amide bonds. The topological polar surface area (TPSA) is 83.9 Å². The van der Waals surface area contributed by atoms with E-state index in [-0.39, 0.29) is 25.2 Å². The molecule has 0 unspecified atom stereocenters. The summed E-state index contributed by atoms with van der Waals surface area (Å²) in [6, 6.07) is 0. The molecule has 0 radical (unpaired) electrons. The first-order valence-corrected chi connectivity index (χ1v) is 5.70. The van der Waals surface area contributed by atoms with Crippen molar-refractivity contribution in [3.05, 3.63) is 0 Å². The number of amides is 1. The molecule has 1 heterocycles. The van der Waals surface area contributed by atoms with Crippen LogP contribution >= 0.6 is 12.2 Å². The molecule has 1 saturated heterocycles. The van der Waals surface area contributed by atoms with E-state index in [1.54, 1.807) is 0 Å². The summed E-state index contributed by atoms with van der Waals surface area (Å²) in [5, 5.41) is 9.25. The third kappa shape index (κ3) is 4.48. The van der Waals surface area contributed by atoms with Crippen LogP contribution in [0.15, 0.2) is 0 Å². The van der Waals surface area contributed by atoms with E-state index in [1.807, 2.05) is 0 Å². The van der Waals surface area contributed by atoms with Crippen LogP contribution in [0, 0.1) is 0 Å². The summed E-state index contributed by atoms with van der Waals surface area (Å²) in [6.07, 6.45) is 1.63. The molecular weight excluding hydrogens is 246 g/mol. The smallest absolute Gasteiger partial charge is 0.333 e. The highest BCUT2D eigenvalue weighted by atomic mass is 32.1. The Morgan fingerprint density at radius 2 is 1.94 bits per heavy atom. The Morgan fingerprint density at radius 3 is 2.47 bits per heavy atom. The summed E-state index contributed by atoms with van der Waals surface area (Å²) in [4.78, 5) is 37.9. The van der Waals surface area contributed by atoms with Crippen LogP contribution in [0.4, 0.5) is 0 Å². The summed E-state index contributed by atoms with van der Waals surface area (Å²) in [5.41, 5.74) is 0. The first-order chi connectivity index (χ1) is 8.00. The summed E-state index contributed by atoms with van der Waals surface area (Å²) in [6.45, 7) is 0. The lowest BCUT2D eigenvalue weighted by molar-refractivity contribution is -0.180. The van der Waals surface area contributed by atoms with E-state index >= 15 is 0 Å². The standard InChI is InChI=1S/C10H13NO5S/c12-7-5-6-8(17)11(7)16-10(15)4-2-1-3-9(13)14/h1-6H2,(H,13,14). The predicted molar refractivity (Wildman–Crippen MR) is 60.9 cm³/mol. The van der Waals surface area contributed by atoms with Crippen molar-refractivity contribution in [3.8, 4) is 0 Å². The van der Waals surface area contributed by atoms with E-state index in [9.17, 15) is 14.4 Å². The van der Waals surface area contributed by atoms with Gasteiger partial charge in [-0.3, -0.25) is 9.59 Å². The van der Waals surface area contributed by atoms with Gasteiger partial charge in [0.1, 0.15) is 4.99 Å². The minimum absolute atomic E-state index is 0.0222. The zero-order valence-electron chi connectivity index (χ0n) is 9.18. The van der Waals surface area contributed by atoms with Gasteiger partial charge in [0.15, 0.2) is 0 Å². The van der Waals surface area contributed by atoms with Crippen LogP contribution in [-0.2, 0) is 19.2 Å². The second-order valence-electron chi connectivity index (χ2n) is 3.65. The van der Waals surface area contributed by atoms with Gasteiger partial charge in [-0.05, 0) is 12.8 Å². The van der Waals surface area contributed by atoms with E-state index in [2.05, 4.69) is 0 Å². The molecule has 1 aliphatic heterocycles. The number of carboxylic acid groups (broad SMARTS) is 1. The largest absolute Gasteiger partial charge is 0.481 e. The van der Waals surface area contributed by atoms with Crippen molar-refractivity contribution < 1.29 is 24.3 Å². The molecule has 94 valence electrons. The molecule has 0 atom stereocenters. The highest BCUT2D eigenvalue weighted by molar-refractivity contribution is 7.80. The molecule has 6 nitrogen and oxygen atoms in total. The molecule has 1 aliphatic rings. The average Bonchev–Trinajstić information content (AvgIpc) is 2.56. The van der Waals surface area contributed by atoms with Crippen molar-refractivity contribution in [2.75, 3.05) is 0 Å². The van der Waals surface area contributed by atoms with E-state index in [0.29, 0.717) is 24.3 Å². The molecule has 1 N–H and O–H groups in total. The Labute approximate surface area is 103 Å². The van der Waals surface area contributed by atoms with Gasteiger partial charge >= 0.3 is 11.9 Å². The number of aliphatic carboxylic acids is 1. The predicted octanol–water partition coefficient (Wildman–Crippen LogP) is 1.04. The van der Waals surface area contributed by atoms with Gasteiger partial charge in [0.25, 0.3) is 5.91 Å². The molecule has 7 heteroatoms. The molecule has 0 bridgehead atoms. The fourth-order valence-corrected chi connectivity index (χ4v) is 1.59. The van der Waals surface area contributed by atoms with Crippen LogP contribution in [0.25, 0.3) is 0 Å². The van der Waals surface area contributed by atoms with Gasteiger partial charge in [-0.2, -0.15) is 0 Å². The summed E-state index contributed by atoms with van der Waals surface area (Å²) >= 11 is 4.86. The number of unbranched alkanes of at least 4 members (excludes halogenated alkanes) is 1. The fraction of sp³-hybridized carbons (Fsp3) is 0.600. The van der Waals surface area contributed by atoms with Gasteiger partial charge in [0.2, 0.25) is 0 Å². The molecule has 1 rings (SSSR count). The van der Waals surface area contributed by atoms with Crippen molar-refractivity contribution in [1.29, 1.82) is 0 Å². The van der Waals surface area contributed by atoms with E-state index in [1.165, 1.54) is 0 Å². The first-order valence-electron chi connectivity index (χ1n) is 5.29. The average molecular weight is 259 g/mol. The van der Waals surface area contributed by atoms with E-state index in [4.69, 9.17) is 22.2 Å². The number of rotatable bonds is 6. The van der Waals surface area contributed by atoms with Gasteiger partial charge in [-0.15, -0.1) is 5.06 Å². The number of hydrogen-bond donors (Lipinski definition) is 1. The number of carboxylic acids is 1. The van der Waals surface area contributed by atoms with Crippen LogP contribution < -0.4 is 0 Å². The monoisotopic (exact) mass is 259 g/mol. The Balaban J connectivity index is 2.23. The van der Waals surface area contributed by atoms with Crippen molar-refractivity contribution in [2.45, 2.75) is 38.5 Å². The number of nitrogens with zero attached hydrogens (tertiary/aromatic N) is 1. The van der Waals surface area contributed by atoms with Gasteiger partial charge in [-0.1, -0.05) is 12.2 Å². The second kappa shape index (κ2) is 6.29. The third-order valence-electron chi connectivity index (χ3n) is 2.22. The van der Waals surface area contributed by atoms with Crippen LogP contribution in [0.5, 0.6) is 0 Å². The lowest BCUT2D eigenvalue weighted by Gasteiger charge is -2.14. The van der Waals surface area contributed by atoms with Gasteiger partial charge < -0.3 is 9.94 Å². The van der Waals surface area contributed by atoms with Crippen LogP contribution in [-0.4, -0.2) is 33.0 Å². The lowest BCUT2D eigenvalue weighted by atomic mass is 10.2. The van der Waals surface area contributed by atoms with Crippen LogP contribution in [0.2, 0.25) is 0 Å². The number of thiocarbonyl (C=S) groups is 1. The highest BCUT2D eigenvalue weighted by Crippen LogP contribution is 2.15.